The van der Waals surface area contributed by atoms with E-state index >= 15 is 0 Å². The minimum Gasteiger partial charge on any atom is -0.385 e. The van der Waals surface area contributed by atoms with Crippen molar-refractivity contribution in [1.29, 1.82) is 0 Å². The molecule has 0 spiro atoms. The Morgan fingerprint density at radius 1 is 1.25 bits per heavy atom. The summed E-state index contributed by atoms with van der Waals surface area (Å²) in [4.78, 5) is 0. The zero-order valence-corrected chi connectivity index (χ0v) is 10.3. The summed E-state index contributed by atoms with van der Waals surface area (Å²) in [5.41, 5.74) is 1.01. The van der Waals surface area contributed by atoms with Crippen LogP contribution in [0.25, 0.3) is 0 Å². The first-order valence-electron chi connectivity index (χ1n) is 5.42. The summed E-state index contributed by atoms with van der Waals surface area (Å²) in [6, 6.07) is 9.90. The van der Waals surface area contributed by atoms with E-state index in [1.165, 1.54) is 0 Å². The van der Waals surface area contributed by atoms with Gasteiger partial charge >= 0.3 is 0 Å². The Labute approximate surface area is 102 Å². The second-order valence-corrected chi connectivity index (χ2v) is 3.86. The number of hydrogen-bond acceptors (Lipinski definition) is 2. The Bertz CT molecular complexity index is 303. The molecule has 88 valence electrons. The number of hydrogen-bond donors (Lipinski definition) is 2. The molecule has 0 saturated heterocycles. The molecule has 0 heterocycles. The van der Waals surface area contributed by atoms with E-state index < -0.39 is 0 Å². The Kier molecular flexibility index (Phi) is 6.53. The third kappa shape index (κ3) is 5.68. The van der Waals surface area contributed by atoms with Crippen LogP contribution >= 0.6 is 12.2 Å². The number of methoxy groups -OCH3 is 1. The van der Waals surface area contributed by atoms with Crippen molar-refractivity contribution in [2.24, 2.45) is 0 Å². The smallest absolute Gasteiger partial charge is 0.170 e. The first-order chi connectivity index (χ1) is 7.83. The first kappa shape index (κ1) is 12.9. The summed E-state index contributed by atoms with van der Waals surface area (Å²) >= 11 is 5.16. The molecule has 0 unspecified atom stereocenters. The summed E-state index contributed by atoms with van der Waals surface area (Å²) in [6.45, 7) is 1.68. The minimum atomic E-state index is 0.670. The molecule has 0 aliphatic carbocycles. The van der Waals surface area contributed by atoms with Crippen LogP contribution in [-0.2, 0) is 4.74 Å². The maximum absolute atomic E-state index is 5.16. The molecule has 16 heavy (non-hydrogen) atoms. The third-order valence-electron chi connectivity index (χ3n) is 2.09. The summed E-state index contributed by atoms with van der Waals surface area (Å²) in [5, 5.41) is 6.95. The number of nitrogens with one attached hydrogen (secondary N) is 2. The molecule has 1 rings (SSSR count). The second kappa shape index (κ2) is 8.07. The van der Waals surface area contributed by atoms with Crippen LogP contribution in [0.3, 0.4) is 0 Å². The molecule has 4 heteroatoms. The molecule has 0 saturated carbocycles. The van der Waals surface area contributed by atoms with E-state index in [9.17, 15) is 0 Å². The van der Waals surface area contributed by atoms with Crippen molar-refractivity contribution in [1.82, 2.24) is 5.32 Å². The summed E-state index contributed by atoms with van der Waals surface area (Å²) in [6.07, 6.45) is 2.11. The van der Waals surface area contributed by atoms with Crippen LogP contribution in [0.1, 0.15) is 12.8 Å². The normalized spacial score (nSPS) is 9.81. The van der Waals surface area contributed by atoms with Gasteiger partial charge in [0.15, 0.2) is 5.11 Å². The summed E-state index contributed by atoms with van der Waals surface area (Å²) in [5.74, 6) is 0. The Balaban J connectivity index is 2.12. The number of unbranched alkanes of at least 4 members (excludes halogenated alkanes) is 1. The molecule has 2 N–H and O–H groups in total. The highest BCUT2D eigenvalue weighted by Gasteiger charge is 1.95. The predicted octanol–water partition coefficient (Wildman–Crippen LogP) is 2.40. The van der Waals surface area contributed by atoms with Gasteiger partial charge in [-0.3, -0.25) is 0 Å². The van der Waals surface area contributed by atoms with Crippen molar-refractivity contribution >= 4 is 23.0 Å². The standard InChI is InChI=1S/C12H18N2OS/c1-15-10-6-5-9-13-12(16)14-11-7-3-2-4-8-11/h2-4,7-8H,5-6,9-10H2,1H3,(H2,13,14,16). The van der Waals surface area contributed by atoms with Crippen LogP contribution in [0.15, 0.2) is 30.3 Å². The van der Waals surface area contributed by atoms with Gasteiger partial charge in [0, 0.05) is 25.9 Å². The summed E-state index contributed by atoms with van der Waals surface area (Å²) < 4.78 is 4.97. The van der Waals surface area contributed by atoms with Crippen LogP contribution in [0.5, 0.6) is 0 Å². The number of rotatable bonds is 6. The molecule has 0 radical (unpaired) electrons. The lowest BCUT2D eigenvalue weighted by molar-refractivity contribution is 0.193. The van der Waals surface area contributed by atoms with E-state index in [-0.39, 0.29) is 0 Å². The maximum atomic E-state index is 5.16. The van der Waals surface area contributed by atoms with Gasteiger partial charge in [0.25, 0.3) is 0 Å². The fourth-order valence-electron chi connectivity index (χ4n) is 1.27. The highest BCUT2D eigenvalue weighted by Crippen LogP contribution is 2.04. The number of para-hydroxylation sites is 1. The molecule has 0 aromatic heterocycles. The topological polar surface area (TPSA) is 33.3 Å². The predicted molar refractivity (Wildman–Crippen MR) is 71.8 cm³/mol. The van der Waals surface area contributed by atoms with Gasteiger partial charge in [-0.15, -0.1) is 0 Å². The Hall–Kier alpha value is -1.13. The molecule has 1 aromatic carbocycles. The van der Waals surface area contributed by atoms with Crippen molar-refractivity contribution in [3.63, 3.8) is 0 Å². The largest absolute Gasteiger partial charge is 0.385 e. The van der Waals surface area contributed by atoms with E-state index in [4.69, 9.17) is 17.0 Å². The lowest BCUT2D eigenvalue weighted by Gasteiger charge is -2.09. The van der Waals surface area contributed by atoms with Crippen LogP contribution in [0.4, 0.5) is 5.69 Å². The van der Waals surface area contributed by atoms with Gasteiger partial charge < -0.3 is 15.4 Å². The quantitative estimate of drug-likeness (QED) is 0.589. The molecule has 0 amide bonds. The second-order valence-electron chi connectivity index (χ2n) is 3.45. The van der Waals surface area contributed by atoms with Crippen LogP contribution in [0, 0.1) is 0 Å². The SMILES string of the molecule is COCCCCNC(=S)Nc1ccccc1. The van der Waals surface area contributed by atoms with E-state index in [1.54, 1.807) is 7.11 Å². The number of thiocarbonyl (C=S) groups is 1. The van der Waals surface area contributed by atoms with E-state index in [1.807, 2.05) is 30.3 Å². The zero-order chi connectivity index (χ0) is 11.6. The fourth-order valence-corrected chi connectivity index (χ4v) is 1.49. The number of ether oxygens (including phenoxy) is 1. The van der Waals surface area contributed by atoms with Crippen molar-refractivity contribution in [3.8, 4) is 0 Å². The average molecular weight is 238 g/mol. The monoisotopic (exact) mass is 238 g/mol. The molecule has 0 aliphatic rings. The lowest BCUT2D eigenvalue weighted by atomic mass is 10.3. The Morgan fingerprint density at radius 3 is 2.69 bits per heavy atom. The number of anilines is 1. The lowest BCUT2D eigenvalue weighted by Crippen LogP contribution is -2.29. The van der Waals surface area contributed by atoms with Gasteiger partial charge in [-0.25, -0.2) is 0 Å². The van der Waals surface area contributed by atoms with Crippen molar-refractivity contribution in [2.45, 2.75) is 12.8 Å². The van der Waals surface area contributed by atoms with Gasteiger partial charge in [0.05, 0.1) is 0 Å². The molecule has 0 atom stereocenters. The van der Waals surface area contributed by atoms with Gasteiger partial charge in [0.1, 0.15) is 0 Å². The fraction of sp³-hybridized carbons (Fsp3) is 0.417. The highest BCUT2D eigenvalue weighted by molar-refractivity contribution is 7.80. The molecule has 1 aromatic rings. The van der Waals surface area contributed by atoms with E-state index in [0.29, 0.717) is 5.11 Å². The van der Waals surface area contributed by atoms with Crippen molar-refractivity contribution in [2.75, 3.05) is 25.6 Å². The molecular weight excluding hydrogens is 220 g/mol. The first-order valence-corrected chi connectivity index (χ1v) is 5.82. The maximum Gasteiger partial charge on any atom is 0.170 e. The molecule has 0 aliphatic heterocycles. The molecular formula is C12H18N2OS. The van der Waals surface area contributed by atoms with Gasteiger partial charge in [0.2, 0.25) is 0 Å². The van der Waals surface area contributed by atoms with Crippen LogP contribution in [-0.4, -0.2) is 25.4 Å². The zero-order valence-electron chi connectivity index (χ0n) is 9.53. The average Bonchev–Trinajstić information content (AvgIpc) is 2.30. The molecule has 0 fully saturated rings. The van der Waals surface area contributed by atoms with Crippen LogP contribution < -0.4 is 10.6 Å². The number of benzene rings is 1. The minimum absolute atomic E-state index is 0.670. The van der Waals surface area contributed by atoms with Crippen molar-refractivity contribution < 1.29 is 4.74 Å². The van der Waals surface area contributed by atoms with Gasteiger partial charge in [-0.05, 0) is 37.2 Å². The van der Waals surface area contributed by atoms with Gasteiger partial charge in [-0.1, -0.05) is 18.2 Å². The van der Waals surface area contributed by atoms with E-state index in [0.717, 1.165) is 31.7 Å². The molecule has 3 nitrogen and oxygen atoms in total. The van der Waals surface area contributed by atoms with Crippen LogP contribution in [0.2, 0.25) is 0 Å². The third-order valence-corrected chi connectivity index (χ3v) is 2.34. The van der Waals surface area contributed by atoms with Crippen molar-refractivity contribution in [3.05, 3.63) is 30.3 Å². The van der Waals surface area contributed by atoms with E-state index in [2.05, 4.69) is 10.6 Å². The molecule has 0 bridgehead atoms. The highest BCUT2D eigenvalue weighted by atomic mass is 32.1. The Morgan fingerprint density at radius 2 is 2.00 bits per heavy atom. The van der Waals surface area contributed by atoms with Gasteiger partial charge in [-0.2, -0.15) is 0 Å². The summed E-state index contributed by atoms with van der Waals surface area (Å²) in [7, 11) is 1.72.